The van der Waals surface area contributed by atoms with Crippen LogP contribution in [0.4, 0.5) is 4.39 Å². The zero-order chi connectivity index (χ0) is 18.2. The summed E-state index contributed by atoms with van der Waals surface area (Å²) in [6.45, 7) is 0.291. The van der Waals surface area contributed by atoms with Gasteiger partial charge in [0.05, 0.1) is 11.7 Å². The van der Waals surface area contributed by atoms with Crippen LogP contribution >= 0.6 is 0 Å². The molecule has 2 N–H and O–H groups in total. The topological polar surface area (TPSA) is 75.6 Å². The summed E-state index contributed by atoms with van der Waals surface area (Å²) in [6.07, 6.45) is 0.450. The van der Waals surface area contributed by atoms with Gasteiger partial charge in [0.2, 0.25) is 5.91 Å². The van der Waals surface area contributed by atoms with Gasteiger partial charge in [-0.05, 0) is 41.8 Å². The number of carboxylic acid groups (broad SMARTS) is 1. The summed E-state index contributed by atoms with van der Waals surface area (Å²) in [7, 11) is 1.53. The monoisotopic (exact) mass is 345 g/mol. The number of carboxylic acids is 1. The molecule has 2 aromatic rings. The number of rotatable bonds is 8. The number of nitrogens with one attached hydrogen (secondary N) is 1. The van der Waals surface area contributed by atoms with E-state index in [0.29, 0.717) is 13.0 Å². The van der Waals surface area contributed by atoms with Gasteiger partial charge in [0, 0.05) is 20.1 Å². The molecule has 0 aliphatic rings. The Hall–Kier alpha value is -2.73. The molecule has 6 heteroatoms. The molecule has 132 valence electrons. The van der Waals surface area contributed by atoms with E-state index in [4.69, 9.17) is 9.84 Å². The molecule has 1 atom stereocenters. The Morgan fingerprint density at radius 2 is 1.76 bits per heavy atom. The lowest BCUT2D eigenvalue weighted by Gasteiger charge is -2.16. The van der Waals surface area contributed by atoms with E-state index in [1.165, 1.54) is 31.4 Å². The van der Waals surface area contributed by atoms with Gasteiger partial charge in [-0.3, -0.25) is 4.79 Å². The largest absolute Gasteiger partial charge is 0.478 e. The number of halogens is 1. The van der Waals surface area contributed by atoms with E-state index in [2.05, 4.69) is 5.32 Å². The van der Waals surface area contributed by atoms with Gasteiger partial charge in [0.15, 0.2) is 0 Å². The third-order valence-electron chi connectivity index (χ3n) is 3.85. The molecular weight excluding hydrogens is 325 g/mol. The summed E-state index contributed by atoms with van der Waals surface area (Å²) in [4.78, 5) is 22.8. The first kappa shape index (κ1) is 18.6. The van der Waals surface area contributed by atoms with E-state index >= 15 is 0 Å². The minimum Gasteiger partial charge on any atom is -0.478 e. The average molecular weight is 345 g/mol. The van der Waals surface area contributed by atoms with Crippen molar-refractivity contribution in [2.75, 3.05) is 13.7 Å². The Labute approximate surface area is 145 Å². The maximum absolute atomic E-state index is 13.0. The number of carbonyl (C=O) groups excluding carboxylic acids is 1. The van der Waals surface area contributed by atoms with Crippen LogP contribution in [0.1, 0.15) is 34.0 Å². The van der Waals surface area contributed by atoms with Gasteiger partial charge in [-0.25, -0.2) is 9.18 Å². The Bertz CT molecular complexity index is 713. The molecular formula is C19H20FNO4. The SMILES string of the molecule is COC(CNC(=O)CCc1ccc(C(=O)O)cc1)c1ccc(F)cc1. The van der Waals surface area contributed by atoms with Crippen LogP contribution in [-0.2, 0) is 16.0 Å². The summed E-state index contributed by atoms with van der Waals surface area (Å²) in [5.41, 5.74) is 1.89. The van der Waals surface area contributed by atoms with E-state index < -0.39 is 5.97 Å². The molecule has 2 aromatic carbocycles. The number of benzene rings is 2. The van der Waals surface area contributed by atoms with Gasteiger partial charge in [-0.15, -0.1) is 0 Å². The zero-order valence-corrected chi connectivity index (χ0v) is 13.9. The van der Waals surface area contributed by atoms with Crippen LogP contribution in [0.25, 0.3) is 0 Å². The van der Waals surface area contributed by atoms with Crippen LogP contribution in [0.2, 0.25) is 0 Å². The molecule has 0 fully saturated rings. The Morgan fingerprint density at radius 1 is 1.12 bits per heavy atom. The molecule has 0 bridgehead atoms. The van der Waals surface area contributed by atoms with Crippen LogP contribution in [0.3, 0.4) is 0 Å². The van der Waals surface area contributed by atoms with Crippen molar-refractivity contribution in [3.63, 3.8) is 0 Å². The molecule has 0 spiro atoms. The normalized spacial score (nSPS) is 11.8. The lowest BCUT2D eigenvalue weighted by atomic mass is 10.1. The van der Waals surface area contributed by atoms with E-state index in [1.807, 2.05) is 0 Å². The molecule has 0 aliphatic carbocycles. The molecule has 0 heterocycles. The van der Waals surface area contributed by atoms with Gasteiger partial charge in [0.1, 0.15) is 5.82 Å². The first-order valence-electron chi connectivity index (χ1n) is 7.87. The number of methoxy groups -OCH3 is 1. The van der Waals surface area contributed by atoms with Gasteiger partial charge in [0.25, 0.3) is 0 Å². The molecule has 2 rings (SSSR count). The number of hydrogen-bond acceptors (Lipinski definition) is 3. The van der Waals surface area contributed by atoms with Gasteiger partial charge >= 0.3 is 5.97 Å². The van der Waals surface area contributed by atoms with Crippen molar-refractivity contribution < 1.29 is 23.8 Å². The zero-order valence-electron chi connectivity index (χ0n) is 13.9. The number of carbonyl (C=O) groups is 2. The molecule has 1 unspecified atom stereocenters. The van der Waals surface area contributed by atoms with Crippen molar-refractivity contribution in [3.8, 4) is 0 Å². The molecule has 25 heavy (non-hydrogen) atoms. The van der Waals surface area contributed by atoms with Crippen LogP contribution in [0.5, 0.6) is 0 Å². The standard InChI is InChI=1S/C19H20FNO4/c1-25-17(14-7-9-16(20)10-8-14)12-21-18(22)11-4-13-2-5-15(6-3-13)19(23)24/h2-3,5-10,17H,4,11-12H2,1H3,(H,21,22)(H,23,24). The average Bonchev–Trinajstić information content (AvgIpc) is 2.62. The maximum atomic E-state index is 13.0. The fraction of sp³-hybridized carbons (Fsp3) is 0.263. The number of aryl methyl sites for hydroxylation is 1. The molecule has 5 nitrogen and oxygen atoms in total. The van der Waals surface area contributed by atoms with Crippen molar-refractivity contribution in [1.29, 1.82) is 0 Å². The maximum Gasteiger partial charge on any atom is 0.335 e. The lowest BCUT2D eigenvalue weighted by Crippen LogP contribution is -2.29. The van der Waals surface area contributed by atoms with Crippen LogP contribution in [-0.4, -0.2) is 30.6 Å². The predicted octanol–water partition coefficient (Wildman–Crippen LogP) is 2.96. The first-order valence-corrected chi connectivity index (χ1v) is 7.87. The Morgan fingerprint density at radius 3 is 2.32 bits per heavy atom. The lowest BCUT2D eigenvalue weighted by molar-refractivity contribution is -0.121. The second-order valence-corrected chi connectivity index (χ2v) is 5.58. The number of aromatic carboxylic acids is 1. The molecule has 0 aromatic heterocycles. The summed E-state index contributed by atoms with van der Waals surface area (Å²) < 4.78 is 18.3. The van der Waals surface area contributed by atoms with E-state index in [1.54, 1.807) is 24.3 Å². The number of hydrogen-bond donors (Lipinski definition) is 2. The van der Waals surface area contributed by atoms with E-state index in [-0.39, 0.29) is 29.8 Å². The molecule has 0 radical (unpaired) electrons. The molecule has 1 amide bonds. The third-order valence-corrected chi connectivity index (χ3v) is 3.85. The smallest absolute Gasteiger partial charge is 0.335 e. The molecule has 0 aliphatic heterocycles. The van der Waals surface area contributed by atoms with Crippen LogP contribution in [0.15, 0.2) is 48.5 Å². The summed E-state index contributed by atoms with van der Waals surface area (Å²) >= 11 is 0. The minimum absolute atomic E-state index is 0.133. The quantitative estimate of drug-likeness (QED) is 0.771. The van der Waals surface area contributed by atoms with Crippen LogP contribution < -0.4 is 5.32 Å². The Balaban J connectivity index is 1.81. The van der Waals surface area contributed by atoms with Crippen molar-refractivity contribution in [1.82, 2.24) is 5.32 Å². The highest BCUT2D eigenvalue weighted by Gasteiger charge is 2.12. The van der Waals surface area contributed by atoms with Crippen molar-refractivity contribution in [2.45, 2.75) is 18.9 Å². The van der Waals surface area contributed by atoms with Gasteiger partial charge in [-0.2, -0.15) is 0 Å². The second-order valence-electron chi connectivity index (χ2n) is 5.58. The van der Waals surface area contributed by atoms with Crippen molar-refractivity contribution >= 4 is 11.9 Å². The van der Waals surface area contributed by atoms with Gasteiger partial charge < -0.3 is 15.2 Å². The van der Waals surface area contributed by atoms with E-state index in [9.17, 15) is 14.0 Å². The predicted molar refractivity (Wildman–Crippen MR) is 90.9 cm³/mol. The Kier molecular flexibility index (Phi) is 6.65. The van der Waals surface area contributed by atoms with Gasteiger partial charge in [-0.1, -0.05) is 24.3 Å². The minimum atomic E-state index is -0.976. The van der Waals surface area contributed by atoms with Crippen molar-refractivity contribution in [2.24, 2.45) is 0 Å². The van der Waals surface area contributed by atoms with Crippen LogP contribution in [0, 0.1) is 5.82 Å². The molecule has 0 saturated carbocycles. The van der Waals surface area contributed by atoms with Crippen molar-refractivity contribution in [3.05, 3.63) is 71.0 Å². The number of amides is 1. The number of ether oxygens (including phenoxy) is 1. The summed E-state index contributed by atoms with van der Waals surface area (Å²) in [6, 6.07) is 12.4. The fourth-order valence-corrected chi connectivity index (χ4v) is 2.38. The van der Waals surface area contributed by atoms with E-state index in [0.717, 1.165) is 11.1 Å². The first-order chi connectivity index (χ1) is 12.0. The highest BCUT2D eigenvalue weighted by molar-refractivity contribution is 5.87. The molecule has 0 saturated heterocycles. The third kappa shape index (κ3) is 5.69. The summed E-state index contributed by atoms with van der Waals surface area (Å²) in [5, 5.41) is 11.6. The highest BCUT2D eigenvalue weighted by atomic mass is 19.1. The summed E-state index contributed by atoms with van der Waals surface area (Å²) in [5.74, 6) is -1.43. The highest BCUT2D eigenvalue weighted by Crippen LogP contribution is 2.16. The second kappa shape index (κ2) is 8.94. The fourth-order valence-electron chi connectivity index (χ4n) is 2.38.